The minimum Gasteiger partial charge on any atom is -0.444 e. The normalized spacial score (nSPS) is 18.2. The third-order valence-corrected chi connectivity index (χ3v) is 9.85. The number of aryl methyl sites for hydroxylation is 3. The van der Waals surface area contributed by atoms with Gasteiger partial charge in [-0.25, -0.2) is 9.18 Å². The second kappa shape index (κ2) is 11.8. The Morgan fingerprint density at radius 3 is 2.55 bits per heavy atom. The number of fused-ring (bicyclic) bond motifs is 2. The number of ether oxygens (including phenoxy) is 1. The van der Waals surface area contributed by atoms with E-state index in [2.05, 4.69) is 22.7 Å². The number of pyridine rings is 1. The van der Waals surface area contributed by atoms with E-state index >= 15 is 4.39 Å². The van der Waals surface area contributed by atoms with Gasteiger partial charge in [0.15, 0.2) is 5.82 Å². The molecule has 248 valence electrons. The maximum Gasteiger partial charge on any atom is 0.410 e. The molecule has 0 unspecified atom stereocenters. The molecule has 0 radical (unpaired) electrons. The minimum absolute atomic E-state index is 0.132. The molecule has 10 heteroatoms. The second-order valence-electron chi connectivity index (χ2n) is 14.6. The van der Waals surface area contributed by atoms with Crippen LogP contribution in [0.2, 0.25) is 0 Å². The minimum atomic E-state index is -0.611. The van der Waals surface area contributed by atoms with Crippen LogP contribution in [0.5, 0.6) is 0 Å². The van der Waals surface area contributed by atoms with Crippen LogP contribution in [-0.4, -0.2) is 59.8 Å². The molecule has 3 aliphatic rings. The monoisotopic (exact) mass is 640 g/mol. The van der Waals surface area contributed by atoms with Crippen LogP contribution in [0.3, 0.4) is 0 Å². The number of aromatic nitrogens is 4. The van der Waals surface area contributed by atoms with E-state index in [9.17, 15) is 9.59 Å². The highest BCUT2D eigenvalue weighted by Crippen LogP contribution is 2.43. The second-order valence-corrected chi connectivity index (χ2v) is 14.6. The molecule has 47 heavy (non-hydrogen) atoms. The summed E-state index contributed by atoms with van der Waals surface area (Å²) in [5, 5.41) is 4.80. The summed E-state index contributed by atoms with van der Waals surface area (Å²) < 4.78 is 26.9. The number of rotatable bonds is 6. The number of hydrogen-bond acceptors (Lipinski definition) is 5. The molecule has 1 aromatic carbocycles. The van der Waals surface area contributed by atoms with E-state index in [-0.39, 0.29) is 23.7 Å². The zero-order chi connectivity index (χ0) is 33.2. The first-order chi connectivity index (χ1) is 22.4. The van der Waals surface area contributed by atoms with Crippen molar-refractivity contribution < 1.29 is 18.7 Å². The molecular weight excluding hydrogens is 595 g/mol. The highest BCUT2D eigenvalue weighted by molar-refractivity contribution is 6.05. The van der Waals surface area contributed by atoms with Gasteiger partial charge in [-0.05, 0) is 83.9 Å². The molecular formula is C37H45FN6O3. The topological polar surface area (TPSA) is 85.5 Å². The Morgan fingerprint density at radius 1 is 1.06 bits per heavy atom. The first kappa shape index (κ1) is 31.4. The predicted molar refractivity (Wildman–Crippen MR) is 179 cm³/mol. The number of halogens is 1. The molecule has 2 amide bonds. The van der Waals surface area contributed by atoms with Gasteiger partial charge in [-0.15, -0.1) is 0 Å². The van der Waals surface area contributed by atoms with Gasteiger partial charge < -0.3 is 19.1 Å². The Balaban J connectivity index is 1.38. The number of nitrogens with zero attached hydrogens (tertiary/aromatic N) is 6. The molecule has 5 heterocycles. The van der Waals surface area contributed by atoms with Crippen LogP contribution in [0, 0.1) is 18.7 Å². The SMILES string of the molecule is CCc1nc(C)ccc1-c1cc(C(=O)N2Cc3cnn(C)c3C2)cc2c(F)c([C@@H]3CCCN(C(=O)OC(C)(C)C)C3)n(CC3CC3)c12. The summed E-state index contributed by atoms with van der Waals surface area (Å²) in [6.07, 6.45) is 5.91. The smallest absolute Gasteiger partial charge is 0.410 e. The van der Waals surface area contributed by atoms with E-state index in [1.165, 1.54) is 0 Å². The van der Waals surface area contributed by atoms with Crippen molar-refractivity contribution in [1.82, 2.24) is 29.1 Å². The lowest BCUT2D eigenvalue weighted by molar-refractivity contribution is 0.0195. The number of piperidine rings is 1. The Labute approximate surface area is 275 Å². The summed E-state index contributed by atoms with van der Waals surface area (Å²) >= 11 is 0. The first-order valence-corrected chi connectivity index (χ1v) is 17.0. The quantitative estimate of drug-likeness (QED) is 0.224. The van der Waals surface area contributed by atoms with Crippen molar-refractivity contribution >= 4 is 22.9 Å². The van der Waals surface area contributed by atoms with Crippen LogP contribution in [0.15, 0.2) is 30.5 Å². The molecule has 0 spiro atoms. The molecule has 2 fully saturated rings. The van der Waals surface area contributed by atoms with E-state index in [0.717, 1.165) is 65.0 Å². The zero-order valence-corrected chi connectivity index (χ0v) is 28.4. The molecule has 1 aliphatic carbocycles. The number of hydrogen-bond donors (Lipinski definition) is 0. The van der Waals surface area contributed by atoms with E-state index in [1.807, 2.05) is 62.7 Å². The standard InChI is InChI=1S/C37H45FN6O3/c1-7-30-27(13-10-22(2)40-30)28-15-25(35(45)43-20-26-17-39-41(6)31(26)21-43)16-29-32(38)33(44(34(28)29)18-23-11-12-23)24-9-8-14-42(19-24)36(46)47-37(3,4)5/h10,13,15-17,23-24H,7-9,11-12,14,18-21H2,1-6H3/t24-/m1/s1. The molecule has 1 saturated heterocycles. The van der Waals surface area contributed by atoms with Crippen LogP contribution < -0.4 is 0 Å². The van der Waals surface area contributed by atoms with Crippen molar-refractivity contribution in [1.29, 1.82) is 0 Å². The fraction of sp³-hybridized carbons (Fsp3) is 0.514. The molecule has 9 nitrogen and oxygen atoms in total. The number of amides is 2. The molecule has 1 saturated carbocycles. The van der Waals surface area contributed by atoms with Gasteiger partial charge in [-0.1, -0.05) is 13.0 Å². The lowest BCUT2D eigenvalue weighted by Crippen LogP contribution is -2.42. The van der Waals surface area contributed by atoms with Gasteiger partial charge >= 0.3 is 6.09 Å². The van der Waals surface area contributed by atoms with Gasteiger partial charge in [0, 0.05) is 78.2 Å². The molecule has 0 bridgehead atoms. The van der Waals surface area contributed by atoms with Crippen molar-refractivity contribution in [3.8, 4) is 11.1 Å². The van der Waals surface area contributed by atoms with Crippen LogP contribution in [0.1, 0.15) is 98.0 Å². The van der Waals surface area contributed by atoms with Gasteiger partial charge in [0.2, 0.25) is 0 Å². The summed E-state index contributed by atoms with van der Waals surface area (Å²) in [6.45, 7) is 12.3. The first-order valence-electron chi connectivity index (χ1n) is 17.0. The van der Waals surface area contributed by atoms with E-state index in [0.29, 0.717) is 61.7 Å². The summed E-state index contributed by atoms with van der Waals surface area (Å²) in [5.41, 5.74) is 6.94. The third-order valence-electron chi connectivity index (χ3n) is 9.85. The molecule has 0 N–H and O–H groups in total. The fourth-order valence-corrected chi connectivity index (χ4v) is 7.38. The zero-order valence-electron chi connectivity index (χ0n) is 28.4. The largest absolute Gasteiger partial charge is 0.444 e. The van der Waals surface area contributed by atoms with E-state index < -0.39 is 5.60 Å². The summed E-state index contributed by atoms with van der Waals surface area (Å²) in [7, 11) is 1.89. The maximum atomic E-state index is 17.2. The van der Waals surface area contributed by atoms with E-state index in [1.54, 1.807) is 11.0 Å². The number of likely N-dealkylation sites (tertiary alicyclic amines) is 1. The average molecular weight is 641 g/mol. The Bertz CT molecular complexity index is 1880. The van der Waals surface area contributed by atoms with Crippen LogP contribution in [0.4, 0.5) is 9.18 Å². The van der Waals surface area contributed by atoms with Gasteiger partial charge in [0.25, 0.3) is 5.91 Å². The maximum absolute atomic E-state index is 17.2. The van der Waals surface area contributed by atoms with Gasteiger partial charge in [0.1, 0.15) is 5.60 Å². The van der Waals surface area contributed by atoms with Crippen molar-refractivity contribution in [2.24, 2.45) is 13.0 Å². The lowest BCUT2D eigenvalue weighted by Gasteiger charge is -2.34. The molecule has 2 aliphatic heterocycles. The van der Waals surface area contributed by atoms with Crippen molar-refractivity contribution in [2.45, 2.75) is 97.9 Å². The fourth-order valence-electron chi connectivity index (χ4n) is 7.38. The van der Waals surface area contributed by atoms with E-state index in [4.69, 9.17) is 9.72 Å². The van der Waals surface area contributed by atoms with Crippen molar-refractivity contribution in [3.63, 3.8) is 0 Å². The molecule has 1 atom stereocenters. The van der Waals surface area contributed by atoms with Crippen LogP contribution in [-0.2, 0) is 37.8 Å². The highest BCUT2D eigenvalue weighted by atomic mass is 19.1. The molecule has 4 aromatic rings. The predicted octanol–water partition coefficient (Wildman–Crippen LogP) is 7.13. The summed E-state index contributed by atoms with van der Waals surface area (Å²) in [4.78, 5) is 35.7. The summed E-state index contributed by atoms with van der Waals surface area (Å²) in [5.74, 6) is -0.148. The number of carbonyl (C=O) groups excluding carboxylic acids is 2. The van der Waals surface area contributed by atoms with Gasteiger partial charge in [-0.3, -0.25) is 14.5 Å². The lowest BCUT2D eigenvalue weighted by atomic mass is 9.94. The van der Waals surface area contributed by atoms with Crippen LogP contribution >= 0.6 is 0 Å². The third kappa shape index (κ3) is 5.91. The average Bonchev–Trinajstić information content (AvgIpc) is 3.54. The molecule has 3 aromatic heterocycles. The number of benzene rings is 1. The molecule has 7 rings (SSSR count). The number of carbonyl (C=O) groups is 2. The van der Waals surface area contributed by atoms with Crippen LogP contribution in [0.25, 0.3) is 22.0 Å². The Morgan fingerprint density at radius 2 is 1.85 bits per heavy atom. The van der Waals surface area contributed by atoms with Crippen molar-refractivity contribution in [2.75, 3.05) is 13.1 Å². The Kier molecular flexibility index (Phi) is 7.88. The highest BCUT2D eigenvalue weighted by Gasteiger charge is 2.36. The Hall–Kier alpha value is -4.21. The van der Waals surface area contributed by atoms with Crippen molar-refractivity contribution in [3.05, 3.63) is 70.2 Å². The summed E-state index contributed by atoms with van der Waals surface area (Å²) in [6, 6.07) is 7.77. The van der Waals surface area contributed by atoms with Gasteiger partial charge in [0.05, 0.1) is 29.6 Å². The van der Waals surface area contributed by atoms with Gasteiger partial charge in [-0.2, -0.15) is 5.10 Å².